The molecular weight excluding hydrogens is 384 g/mol. The molecule has 1 aromatic carbocycles. The van der Waals surface area contributed by atoms with E-state index in [4.69, 9.17) is 0 Å². The minimum Gasteiger partial charge on any atom is -0.359 e. The molecule has 0 saturated heterocycles. The lowest BCUT2D eigenvalue weighted by Crippen LogP contribution is -2.53. The Bertz CT molecular complexity index is 1070. The highest BCUT2D eigenvalue weighted by atomic mass is 32.1. The number of nitrogens with one attached hydrogen (secondary N) is 1. The van der Waals surface area contributed by atoms with Crippen molar-refractivity contribution in [2.24, 2.45) is 0 Å². The van der Waals surface area contributed by atoms with E-state index in [1.54, 1.807) is 17.3 Å². The maximum atomic E-state index is 13.4. The number of rotatable bonds is 3. The molecule has 0 atom stereocenters. The smallest absolute Gasteiger partial charge is 0.240 e. The number of anilines is 2. The second-order valence-electron chi connectivity index (χ2n) is 7.75. The van der Waals surface area contributed by atoms with Crippen molar-refractivity contribution in [3.8, 4) is 0 Å². The molecule has 1 saturated carbocycles. The number of halogens is 2. The minimum atomic E-state index is -0.900. The van der Waals surface area contributed by atoms with E-state index in [0.717, 1.165) is 25.0 Å². The number of nitrogens with zero attached hydrogens (tertiary/aromatic N) is 4. The van der Waals surface area contributed by atoms with Gasteiger partial charge in [-0.2, -0.15) is 0 Å². The molecule has 2 aromatic heterocycles. The maximum absolute atomic E-state index is 13.4. The summed E-state index contributed by atoms with van der Waals surface area (Å²) in [4.78, 5) is 27.8. The highest BCUT2D eigenvalue weighted by molar-refractivity contribution is 7.22. The summed E-state index contributed by atoms with van der Waals surface area (Å²) in [6.45, 7) is 3.74. The summed E-state index contributed by atoms with van der Waals surface area (Å²) in [6.07, 6.45) is 4.71. The Morgan fingerprint density at radius 2 is 1.89 bits per heavy atom. The molecular formula is C19H17F2N5OS. The number of fused-ring (bicyclic) bond motifs is 2. The second-order valence-corrected chi connectivity index (χ2v) is 8.78. The normalized spacial score (nSPS) is 23.0. The Kier molecular flexibility index (Phi) is 3.67. The van der Waals surface area contributed by atoms with Gasteiger partial charge in [0.25, 0.3) is 0 Å². The fourth-order valence-electron chi connectivity index (χ4n) is 3.86. The molecule has 5 rings (SSSR count). The molecule has 1 N–H and O–H groups in total. The Labute approximate surface area is 163 Å². The van der Waals surface area contributed by atoms with Gasteiger partial charge >= 0.3 is 0 Å². The number of carbonyl (C=O) groups is 1. The van der Waals surface area contributed by atoms with Crippen molar-refractivity contribution in [2.75, 3.05) is 10.2 Å². The SMILES string of the molecule is CC1(C)C(=O)N([C@H]2C[C@H](Nc3nc4cc(F)c(F)cc4s3)C2)c2nccnc21. The number of aromatic nitrogens is 3. The van der Waals surface area contributed by atoms with Gasteiger partial charge in [0.1, 0.15) is 0 Å². The first-order chi connectivity index (χ1) is 13.3. The molecule has 1 fully saturated rings. The van der Waals surface area contributed by atoms with Gasteiger partial charge in [0.2, 0.25) is 5.91 Å². The molecule has 1 aliphatic carbocycles. The quantitative estimate of drug-likeness (QED) is 0.726. The Hall–Kier alpha value is -2.68. The first-order valence-electron chi connectivity index (χ1n) is 9.02. The molecule has 0 bridgehead atoms. The summed E-state index contributed by atoms with van der Waals surface area (Å²) in [5.74, 6) is -1.11. The predicted octanol–water partition coefficient (Wildman–Crippen LogP) is 3.63. The van der Waals surface area contributed by atoms with Gasteiger partial charge in [0, 0.05) is 30.5 Å². The van der Waals surface area contributed by atoms with Crippen LogP contribution in [0.15, 0.2) is 24.5 Å². The Balaban J connectivity index is 1.31. The first-order valence-corrected chi connectivity index (χ1v) is 9.83. The van der Waals surface area contributed by atoms with E-state index in [2.05, 4.69) is 20.3 Å². The summed E-state index contributed by atoms with van der Waals surface area (Å²) in [5.41, 5.74) is 0.470. The zero-order valence-corrected chi connectivity index (χ0v) is 16.1. The predicted molar refractivity (Wildman–Crippen MR) is 103 cm³/mol. The third kappa shape index (κ3) is 2.49. The van der Waals surface area contributed by atoms with Gasteiger partial charge in [-0.3, -0.25) is 14.7 Å². The number of thiazole rings is 1. The van der Waals surface area contributed by atoms with E-state index < -0.39 is 17.0 Å². The number of hydrogen-bond acceptors (Lipinski definition) is 6. The summed E-state index contributed by atoms with van der Waals surface area (Å²) in [7, 11) is 0. The number of carbonyl (C=O) groups excluding carboxylic acids is 1. The van der Waals surface area contributed by atoms with Crippen molar-refractivity contribution in [2.45, 2.75) is 44.2 Å². The van der Waals surface area contributed by atoms with Crippen LogP contribution in [0.4, 0.5) is 19.7 Å². The molecule has 0 unspecified atom stereocenters. The average Bonchev–Trinajstić information content (AvgIpc) is 3.09. The van der Waals surface area contributed by atoms with Gasteiger partial charge in [0.15, 0.2) is 22.6 Å². The van der Waals surface area contributed by atoms with Crippen LogP contribution in [0.25, 0.3) is 10.2 Å². The molecule has 1 aliphatic heterocycles. The summed E-state index contributed by atoms with van der Waals surface area (Å²) >= 11 is 1.29. The third-order valence-electron chi connectivity index (χ3n) is 5.49. The van der Waals surface area contributed by atoms with E-state index in [1.807, 2.05) is 13.8 Å². The van der Waals surface area contributed by atoms with Crippen LogP contribution in [0.3, 0.4) is 0 Å². The van der Waals surface area contributed by atoms with Crippen molar-refractivity contribution in [3.63, 3.8) is 0 Å². The van der Waals surface area contributed by atoms with E-state index in [1.165, 1.54) is 11.3 Å². The largest absolute Gasteiger partial charge is 0.359 e. The highest BCUT2D eigenvalue weighted by Gasteiger charge is 2.51. The lowest BCUT2D eigenvalue weighted by atomic mass is 9.85. The molecule has 0 radical (unpaired) electrons. The lowest BCUT2D eigenvalue weighted by molar-refractivity contribution is -0.123. The third-order valence-corrected chi connectivity index (χ3v) is 6.44. The fraction of sp³-hybridized carbons (Fsp3) is 0.368. The number of benzene rings is 1. The maximum Gasteiger partial charge on any atom is 0.240 e. The monoisotopic (exact) mass is 401 g/mol. The van der Waals surface area contributed by atoms with E-state index >= 15 is 0 Å². The van der Waals surface area contributed by atoms with Crippen LogP contribution in [0.5, 0.6) is 0 Å². The molecule has 1 amide bonds. The van der Waals surface area contributed by atoms with Gasteiger partial charge in [-0.1, -0.05) is 11.3 Å². The van der Waals surface area contributed by atoms with Crippen LogP contribution < -0.4 is 10.2 Å². The number of amides is 1. The van der Waals surface area contributed by atoms with E-state index in [9.17, 15) is 13.6 Å². The van der Waals surface area contributed by atoms with E-state index in [-0.39, 0.29) is 18.0 Å². The fourth-order valence-corrected chi connectivity index (χ4v) is 4.81. The molecule has 28 heavy (non-hydrogen) atoms. The lowest BCUT2D eigenvalue weighted by Gasteiger charge is -2.41. The summed E-state index contributed by atoms with van der Waals surface area (Å²) in [5, 5.41) is 3.93. The average molecular weight is 401 g/mol. The molecule has 9 heteroatoms. The molecule has 2 aliphatic rings. The van der Waals surface area contributed by atoms with E-state index in [0.29, 0.717) is 26.9 Å². The van der Waals surface area contributed by atoms with Crippen molar-refractivity contribution >= 4 is 38.4 Å². The van der Waals surface area contributed by atoms with Gasteiger partial charge in [-0.15, -0.1) is 0 Å². The number of hydrogen-bond donors (Lipinski definition) is 1. The minimum absolute atomic E-state index is 0.0167. The zero-order chi connectivity index (χ0) is 19.6. The summed E-state index contributed by atoms with van der Waals surface area (Å²) < 4.78 is 27.3. The molecule has 6 nitrogen and oxygen atoms in total. The summed E-state index contributed by atoms with van der Waals surface area (Å²) in [6, 6.07) is 2.46. The van der Waals surface area contributed by atoms with Crippen LogP contribution in [0.1, 0.15) is 32.4 Å². The van der Waals surface area contributed by atoms with Gasteiger partial charge in [-0.05, 0) is 32.8 Å². The molecule has 3 heterocycles. The van der Waals surface area contributed by atoms with Crippen molar-refractivity contribution in [1.29, 1.82) is 0 Å². The van der Waals surface area contributed by atoms with Gasteiger partial charge < -0.3 is 5.32 Å². The van der Waals surface area contributed by atoms with Crippen LogP contribution in [0.2, 0.25) is 0 Å². The topological polar surface area (TPSA) is 71.0 Å². The van der Waals surface area contributed by atoms with Gasteiger partial charge in [-0.25, -0.2) is 18.7 Å². The highest BCUT2D eigenvalue weighted by Crippen LogP contribution is 2.43. The molecule has 144 valence electrons. The Morgan fingerprint density at radius 3 is 2.68 bits per heavy atom. The zero-order valence-electron chi connectivity index (χ0n) is 15.2. The van der Waals surface area contributed by atoms with Crippen LogP contribution >= 0.6 is 11.3 Å². The van der Waals surface area contributed by atoms with Crippen molar-refractivity contribution in [3.05, 3.63) is 41.9 Å². The molecule has 3 aromatic rings. The Morgan fingerprint density at radius 1 is 1.18 bits per heavy atom. The van der Waals surface area contributed by atoms with Crippen LogP contribution in [-0.4, -0.2) is 32.9 Å². The van der Waals surface area contributed by atoms with Crippen LogP contribution in [-0.2, 0) is 10.2 Å². The van der Waals surface area contributed by atoms with Crippen molar-refractivity contribution < 1.29 is 13.6 Å². The van der Waals surface area contributed by atoms with Gasteiger partial charge in [0.05, 0.1) is 21.3 Å². The standard InChI is InChI=1S/C19H17F2N5OS/c1-19(2)15-16(23-4-3-22-15)26(17(19)27)10-5-9(6-10)24-18-25-13-7-11(20)12(21)8-14(13)28-18/h3-4,7-10H,5-6H2,1-2H3,(H,24,25)/t9-,10-. The molecule has 0 spiro atoms. The first kappa shape index (κ1) is 17.4. The second kappa shape index (κ2) is 5.91. The van der Waals surface area contributed by atoms with Crippen LogP contribution in [0, 0.1) is 11.6 Å². The van der Waals surface area contributed by atoms with Crippen molar-refractivity contribution in [1.82, 2.24) is 15.0 Å².